The molecule has 0 aromatic heterocycles. The molecule has 0 aliphatic carbocycles. The number of ether oxygens (including phenoxy) is 1. The summed E-state index contributed by atoms with van der Waals surface area (Å²) >= 11 is 0. The van der Waals surface area contributed by atoms with Crippen molar-refractivity contribution in [1.82, 2.24) is 0 Å². The summed E-state index contributed by atoms with van der Waals surface area (Å²) in [5.74, 6) is 0.196. The molecule has 0 saturated carbocycles. The van der Waals surface area contributed by atoms with Crippen molar-refractivity contribution < 1.29 is 31.1 Å². The minimum absolute atomic E-state index is 0.0691. The molecule has 0 saturated heterocycles. The van der Waals surface area contributed by atoms with E-state index in [9.17, 15) is 26.3 Å². The van der Waals surface area contributed by atoms with Crippen molar-refractivity contribution >= 4 is 0 Å². The molecule has 7 heteroatoms. The molecule has 0 bridgehead atoms. The van der Waals surface area contributed by atoms with Crippen LogP contribution in [0.5, 0.6) is 0 Å². The molecule has 1 atom stereocenters. The second-order valence-corrected chi connectivity index (χ2v) is 9.10. The van der Waals surface area contributed by atoms with Crippen molar-refractivity contribution in [3.63, 3.8) is 0 Å². The smallest absolute Gasteiger partial charge is 0.376 e. The standard InChI is InChI=1S/C25H38F6O/c1-5-7-8-9-10-11-14-20(23(3,4)32-6-2)15-12-13-19-16-21(24(26,27)28)18-22(17-19)25(29,30)31/h16-18,20H,5-15H2,1-4H3. The summed E-state index contributed by atoms with van der Waals surface area (Å²) in [6.45, 7) is 8.69. The van der Waals surface area contributed by atoms with Crippen molar-refractivity contribution in [3.8, 4) is 0 Å². The highest BCUT2D eigenvalue weighted by Gasteiger charge is 2.37. The molecule has 0 aliphatic heterocycles. The van der Waals surface area contributed by atoms with Crippen LogP contribution >= 0.6 is 0 Å². The van der Waals surface area contributed by atoms with Gasteiger partial charge in [-0.2, -0.15) is 26.3 Å². The van der Waals surface area contributed by atoms with Gasteiger partial charge in [0.25, 0.3) is 0 Å². The maximum absolute atomic E-state index is 13.1. The first-order valence-corrected chi connectivity index (χ1v) is 11.7. The highest BCUT2D eigenvalue weighted by molar-refractivity contribution is 5.33. The number of halogens is 6. The Morgan fingerprint density at radius 1 is 0.719 bits per heavy atom. The van der Waals surface area contributed by atoms with Crippen LogP contribution < -0.4 is 0 Å². The number of alkyl halides is 6. The van der Waals surface area contributed by atoms with Crippen LogP contribution in [0.25, 0.3) is 0 Å². The van der Waals surface area contributed by atoms with Crippen LogP contribution in [-0.2, 0) is 23.5 Å². The first-order valence-electron chi connectivity index (χ1n) is 11.7. The summed E-state index contributed by atoms with van der Waals surface area (Å²) in [7, 11) is 0. The topological polar surface area (TPSA) is 9.23 Å². The number of hydrogen-bond acceptors (Lipinski definition) is 1. The molecule has 186 valence electrons. The maximum Gasteiger partial charge on any atom is 0.416 e. The summed E-state index contributed by atoms with van der Waals surface area (Å²) in [5, 5.41) is 0. The molecule has 0 aliphatic rings. The third kappa shape index (κ3) is 10.1. The fourth-order valence-electron chi connectivity index (χ4n) is 4.22. The van der Waals surface area contributed by atoms with Crippen LogP contribution in [-0.4, -0.2) is 12.2 Å². The molecular weight excluding hydrogens is 430 g/mol. The zero-order valence-corrected chi connectivity index (χ0v) is 19.8. The quantitative estimate of drug-likeness (QED) is 0.195. The first-order chi connectivity index (χ1) is 14.8. The van der Waals surface area contributed by atoms with E-state index in [1.54, 1.807) is 0 Å². The monoisotopic (exact) mass is 468 g/mol. The molecule has 1 nitrogen and oxygen atoms in total. The van der Waals surface area contributed by atoms with Crippen LogP contribution in [0.3, 0.4) is 0 Å². The minimum atomic E-state index is -4.81. The van der Waals surface area contributed by atoms with E-state index in [2.05, 4.69) is 6.92 Å². The van der Waals surface area contributed by atoms with Gasteiger partial charge in [0, 0.05) is 6.61 Å². The Balaban J connectivity index is 2.83. The fraction of sp³-hybridized carbons (Fsp3) is 0.760. The van der Waals surface area contributed by atoms with Crippen LogP contribution in [0.2, 0.25) is 0 Å². The second kappa shape index (κ2) is 12.9. The van der Waals surface area contributed by atoms with E-state index in [1.807, 2.05) is 20.8 Å². The van der Waals surface area contributed by atoms with Gasteiger partial charge in [-0.3, -0.25) is 0 Å². The summed E-state index contributed by atoms with van der Waals surface area (Å²) in [6.07, 6.45) is -0.328. The molecule has 0 fully saturated rings. The average Bonchev–Trinajstić information content (AvgIpc) is 2.67. The minimum Gasteiger partial charge on any atom is -0.376 e. The molecule has 0 heterocycles. The van der Waals surface area contributed by atoms with E-state index >= 15 is 0 Å². The summed E-state index contributed by atoms with van der Waals surface area (Å²) < 4.78 is 84.5. The molecule has 0 radical (unpaired) electrons. The van der Waals surface area contributed by atoms with E-state index in [0.717, 1.165) is 31.4 Å². The lowest BCUT2D eigenvalue weighted by atomic mass is 9.82. The van der Waals surface area contributed by atoms with E-state index in [0.29, 0.717) is 19.4 Å². The molecular formula is C25H38F6O. The summed E-state index contributed by atoms with van der Waals surface area (Å²) in [4.78, 5) is 0. The van der Waals surface area contributed by atoms with Gasteiger partial charge in [-0.1, -0.05) is 45.4 Å². The Morgan fingerprint density at radius 3 is 1.72 bits per heavy atom. The third-order valence-electron chi connectivity index (χ3n) is 6.07. The van der Waals surface area contributed by atoms with Crippen molar-refractivity contribution in [3.05, 3.63) is 34.9 Å². The van der Waals surface area contributed by atoms with Crippen molar-refractivity contribution in [2.24, 2.45) is 5.92 Å². The van der Waals surface area contributed by atoms with Gasteiger partial charge in [-0.25, -0.2) is 0 Å². The van der Waals surface area contributed by atoms with Gasteiger partial charge < -0.3 is 4.74 Å². The Kier molecular flexibility index (Phi) is 11.6. The number of hydrogen-bond donors (Lipinski definition) is 0. The molecule has 1 rings (SSSR count). The van der Waals surface area contributed by atoms with E-state index in [4.69, 9.17) is 4.74 Å². The van der Waals surface area contributed by atoms with E-state index in [1.165, 1.54) is 25.7 Å². The van der Waals surface area contributed by atoms with E-state index < -0.39 is 23.5 Å². The largest absolute Gasteiger partial charge is 0.416 e. The number of rotatable bonds is 14. The molecule has 1 aromatic carbocycles. The SMILES string of the molecule is CCCCCCCCC(CCCc1cc(C(F)(F)F)cc(C(F)(F)F)c1)C(C)(C)OCC. The predicted molar refractivity (Wildman–Crippen MR) is 117 cm³/mol. The number of aryl methyl sites for hydroxylation is 1. The van der Waals surface area contributed by atoms with Gasteiger partial charge in [0.2, 0.25) is 0 Å². The lowest BCUT2D eigenvalue weighted by molar-refractivity contribution is -0.143. The Hall–Kier alpha value is -1.24. The second-order valence-electron chi connectivity index (χ2n) is 9.10. The molecule has 1 unspecified atom stereocenters. The maximum atomic E-state index is 13.1. The molecule has 0 amide bonds. The van der Waals surface area contributed by atoms with E-state index in [-0.39, 0.29) is 29.6 Å². The van der Waals surface area contributed by atoms with Crippen LogP contribution in [0.15, 0.2) is 18.2 Å². The summed E-state index contributed by atoms with van der Waals surface area (Å²) in [5.41, 5.74) is -2.82. The van der Waals surface area contributed by atoms with Gasteiger partial charge in [-0.05, 0) is 76.1 Å². The first kappa shape index (κ1) is 28.8. The van der Waals surface area contributed by atoms with Crippen LogP contribution in [0.4, 0.5) is 26.3 Å². The Labute approximate surface area is 188 Å². The zero-order valence-electron chi connectivity index (χ0n) is 19.8. The van der Waals surface area contributed by atoms with Crippen molar-refractivity contribution in [2.45, 2.75) is 110 Å². The number of benzene rings is 1. The van der Waals surface area contributed by atoms with Gasteiger partial charge >= 0.3 is 12.4 Å². The Morgan fingerprint density at radius 2 is 1.22 bits per heavy atom. The highest BCUT2D eigenvalue weighted by atomic mass is 19.4. The molecule has 0 spiro atoms. The van der Waals surface area contributed by atoms with Gasteiger partial charge in [0.1, 0.15) is 0 Å². The lowest BCUT2D eigenvalue weighted by Crippen LogP contribution is -2.34. The zero-order chi connectivity index (χ0) is 24.4. The van der Waals surface area contributed by atoms with Gasteiger partial charge in [-0.15, -0.1) is 0 Å². The molecule has 32 heavy (non-hydrogen) atoms. The van der Waals surface area contributed by atoms with Gasteiger partial charge in [0.05, 0.1) is 16.7 Å². The fourth-order valence-corrected chi connectivity index (χ4v) is 4.22. The third-order valence-corrected chi connectivity index (χ3v) is 6.07. The molecule has 1 aromatic rings. The highest BCUT2D eigenvalue weighted by Crippen LogP contribution is 2.37. The van der Waals surface area contributed by atoms with Crippen molar-refractivity contribution in [2.75, 3.05) is 6.61 Å². The average molecular weight is 469 g/mol. The lowest BCUT2D eigenvalue weighted by Gasteiger charge is -2.34. The van der Waals surface area contributed by atoms with Crippen LogP contribution in [0.1, 0.15) is 102 Å². The van der Waals surface area contributed by atoms with Crippen molar-refractivity contribution in [1.29, 1.82) is 0 Å². The Bertz CT molecular complexity index is 631. The van der Waals surface area contributed by atoms with Gasteiger partial charge in [0.15, 0.2) is 0 Å². The van der Waals surface area contributed by atoms with Crippen LogP contribution in [0, 0.1) is 5.92 Å². The molecule has 0 N–H and O–H groups in total. The number of unbranched alkanes of at least 4 members (excludes halogenated alkanes) is 5. The predicted octanol–water partition coefficient (Wildman–Crippen LogP) is 9.23. The normalized spacial score (nSPS) is 14.1. The summed E-state index contributed by atoms with van der Waals surface area (Å²) in [6, 6.07) is 1.86.